The standard InChI is InChI=1S/C16H23NO/c1-17-10-13-6-4-8-15(16(13)11-17)12-5-3-7-14(9-12)18-2/h3,5,7,9,13,15-16H,4,6,8,10-11H2,1-2H3. The average Bonchev–Trinajstić information content (AvgIpc) is 2.78. The molecule has 1 saturated heterocycles. The largest absolute Gasteiger partial charge is 0.497 e. The van der Waals surface area contributed by atoms with E-state index in [1.165, 1.54) is 37.9 Å². The second-order valence-corrected chi connectivity index (χ2v) is 5.96. The zero-order valence-corrected chi connectivity index (χ0v) is 11.4. The molecule has 3 rings (SSSR count). The fourth-order valence-electron chi connectivity index (χ4n) is 3.98. The Hall–Kier alpha value is -1.02. The van der Waals surface area contributed by atoms with Crippen LogP contribution in [0.15, 0.2) is 24.3 Å². The summed E-state index contributed by atoms with van der Waals surface area (Å²) in [6, 6.07) is 8.71. The summed E-state index contributed by atoms with van der Waals surface area (Å²) < 4.78 is 5.37. The van der Waals surface area contributed by atoms with E-state index < -0.39 is 0 Å². The lowest BCUT2D eigenvalue weighted by atomic mass is 9.71. The Bertz CT molecular complexity index is 417. The highest BCUT2D eigenvalue weighted by Crippen LogP contribution is 2.45. The van der Waals surface area contributed by atoms with Gasteiger partial charge in [-0.1, -0.05) is 18.6 Å². The van der Waals surface area contributed by atoms with Crippen molar-refractivity contribution in [3.63, 3.8) is 0 Å². The lowest BCUT2D eigenvalue weighted by Crippen LogP contribution is -2.25. The van der Waals surface area contributed by atoms with E-state index in [1.807, 2.05) is 6.07 Å². The third kappa shape index (κ3) is 2.14. The Kier molecular flexibility index (Phi) is 3.29. The van der Waals surface area contributed by atoms with Gasteiger partial charge in [-0.05, 0) is 55.3 Å². The highest BCUT2D eigenvalue weighted by Gasteiger charge is 2.39. The summed E-state index contributed by atoms with van der Waals surface area (Å²) in [5.41, 5.74) is 1.49. The van der Waals surface area contributed by atoms with Crippen LogP contribution in [0, 0.1) is 11.8 Å². The van der Waals surface area contributed by atoms with Crippen molar-refractivity contribution in [2.75, 3.05) is 27.2 Å². The molecule has 1 aliphatic carbocycles. The van der Waals surface area contributed by atoms with Crippen LogP contribution in [-0.4, -0.2) is 32.1 Å². The molecule has 3 unspecified atom stereocenters. The molecule has 2 nitrogen and oxygen atoms in total. The summed E-state index contributed by atoms with van der Waals surface area (Å²) in [7, 11) is 4.02. The van der Waals surface area contributed by atoms with Crippen LogP contribution in [0.1, 0.15) is 30.7 Å². The quantitative estimate of drug-likeness (QED) is 0.793. The number of benzene rings is 1. The summed E-state index contributed by atoms with van der Waals surface area (Å²) in [6.07, 6.45) is 4.16. The van der Waals surface area contributed by atoms with Crippen molar-refractivity contribution in [1.29, 1.82) is 0 Å². The molecule has 0 spiro atoms. The first-order valence-electron chi connectivity index (χ1n) is 7.10. The van der Waals surface area contributed by atoms with Crippen LogP contribution in [0.25, 0.3) is 0 Å². The number of hydrogen-bond donors (Lipinski definition) is 0. The van der Waals surface area contributed by atoms with Crippen LogP contribution in [-0.2, 0) is 0 Å². The molecule has 1 aliphatic heterocycles. The number of methoxy groups -OCH3 is 1. The SMILES string of the molecule is COc1cccc(C2CCCC3CN(C)CC32)c1. The normalized spacial score (nSPS) is 32.2. The van der Waals surface area contributed by atoms with E-state index in [0.717, 1.165) is 23.5 Å². The van der Waals surface area contributed by atoms with Crippen molar-refractivity contribution < 1.29 is 4.74 Å². The molecule has 0 radical (unpaired) electrons. The first-order valence-corrected chi connectivity index (χ1v) is 7.10. The summed E-state index contributed by atoms with van der Waals surface area (Å²) in [5.74, 6) is 3.51. The topological polar surface area (TPSA) is 12.5 Å². The van der Waals surface area contributed by atoms with Crippen LogP contribution in [0.2, 0.25) is 0 Å². The maximum atomic E-state index is 5.37. The third-order valence-corrected chi connectivity index (χ3v) is 4.80. The molecular formula is C16H23NO. The van der Waals surface area contributed by atoms with Gasteiger partial charge in [0, 0.05) is 13.1 Å². The maximum Gasteiger partial charge on any atom is 0.119 e. The fraction of sp³-hybridized carbons (Fsp3) is 0.625. The van der Waals surface area contributed by atoms with Gasteiger partial charge in [-0.25, -0.2) is 0 Å². The van der Waals surface area contributed by atoms with E-state index in [0.29, 0.717) is 0 Å². The Morgan fingerprint density at radius 2 is 2.11 bits per heavy atom. The van der Waals surface area contributed by atoms with E-state index in [1.54, 1.807) is 7.11 Å². The second kappa shape index (κ2) is 4.93. The molecule has 98 valence electrons. The molecule has 1 aromatic carbocycles. The van der Waals surface area contributed by atoms with Gasteiger partial charge in [-0.3, -0.25) is 0 Å². The predicted molar refractivity (Wildman–Crippen MR) is 74.1 cm³/mol. The zero-order valence-electron chi connectivity index (χ0n) is 11.4. The van der Waals surface area contributed by atoms with Crippen LogP contribution in [0.5, 0.6) is 5.75 Å². The minimum Gasteiger partial charge on any atom is -0.497 e. The molecule has 0 N–H and O–H groups in total. The average molecular weight is 245 g/mol. The fourth-order valence-corrected chi connectivity index (χ4v) is 3.98. The maximum absolute atomic E-state index is 5.37. The molecule has 0 bridgehead atoms. The van der Waals surface area contributed by atoms with Crippen molar-refractivity contribution in [2.45, 2.75) is 25.2 Å². The Morgan fingerprint density at radius 1 is 1.22 bits per heavy atom. The highest BCUT2D eigenvalue weighted by atomic mass is 16.5. The van der Waals surface area contributed by atoms with Gasteiger partial charge >= 0.3 is 0 Å². The second-order valence-electron chi connectivity index (χ2n) is 5.96. The first kappa shape index (κ1) is 12.0. The molecule has 1 saturated carbocycles. The minimum absolute atomic E-state index is 0.740. The van der Waals surface area contributed by atoms with Gasteiger partial charge in [0.25, 0.3) is 0 Å². The zero-order chi connectivity index (χ0) is 12.5. The number of likely N-dealkylation sites (tertiary alicyclic amines) is 1. The molecule has 2 aliphatic rings. The number of fused-ring (bicyclic) bond motifs is 1. The van der Waals surface area contributed by atoms with Crippen molar-refractivity contribution in [1.82, 2.24) is 4.90 Å². The monoisotopic (exact) mass is 245 g/mol. The van der Waals surface area contributed by atoms with Gasteiger partial charge in [-0.15, -0.1) is 0 Å². The number of ether oxygens (including phenoxy) is 1. The van der Waals surface area contributed by atoms with Crippen molar-refractivity contribution >= 4 is 0 Å². The van der Waals surface area contributed by atoms with Crippen LogP contribution in [0.4, 0.5) is 0 Å². The number of nitrogens with zero attached hydrogens (tertiary/aromatic N) is 1. The Balaban J connectivity index is 1.85. The van der Waals surface area contributed by atoms with Crippen molar-refractivity contribution in [3.8, 4) is 5.75 Å². The van der Waals surface area contributed by atoms with Crippen molar-refractivity contribution in [2.24, 2.45) is 11.8 Å². The van der Waals surface area contributed by atoms with E-state index in [-0.39, 0.29) is 0 Å². The van der Waals surface area contributed by atoms with Crippen molar-refractivity contribution in [3.05, 3.63) is 29.8 Å². The minimum atomic E-state index is 0.740. The number of hydrogen-bond acceptors (Lipinski definition) is 2. The van der Waals surface area contributed by atoms with Crippen LogP contribution < -0.4 is 4.74 Å². The molecule has 2 fully saturated rings. The molecule has 0 aromatic heterocycles. The van der Waals surface area contributed by atoms with Crippen LogP contribution in [0.3, 0.4) is 0 Å². The first-order chi connectivity index (χ1) is 8.78. The summed E-state index contributed by atoms with van der Waals surface area (Å²) in [6.45, 7) is 2.57. The predicted octanol–water partition coefficient (Wildman–Crippen LogP) is 3.14. The van der Waals surface area contributed by atoms with E-state index >= 15 is 0 Å². The molecule has 18 heavy (non-hydrogen) atoms. The van der Waals surface area contributed by atoms with Gasteiger partial charge in [0.2, 0.25) is 0 Å². The summed E-state index contributed by atoms with van der Waals surface area (Å²) >= 11 is 0. The van der Waals surface area contributed by atoms with Gasteiger partial charge in [0.15, 0.2) is 0 Å². The lowest BCUT2D eigenvalue weighted by molar-refractivity contribution is 0.257. The highest BCUT2D eigenvalue weighted by molar-refractivity contribution is 5.32. The van der Waals surface area contributed by atoms with Gasteiger partial charge in [-0.2, -0.15) is 0 Å². The number of rotatable bonds is 2. The third-order valence-electron chi connectivity index (χ3n) is 4.80. The van der Waals surface area contributed by atoms with Gasteiger partial charge < -0.3 is 9.64 Å². The van der Waals surface area contributed by atoms with Gasteiger partial charge in [0.05, 0.1) is 7.11 Å². The molecule has 3 atom stereocenters. The smallest absolute Gasteiger partial charge is 0.119 e. The Morgan fingerprint density at radius 3 is 2.94 bits per heavy atom. The summed E-state index contributed by atoms with van der Waals surface area (Å²) in [5, 5.41) is 0. The van der Waals surface area contributed by atoms with E-state index in [4.69, 9.17) is 4.74 Å². The summed E-state index contributed by atoms with van der Waals surface area (Å²) in [4.78, 5) is 2.51. The molecule has 1 aromatic rings. The molecular weight excluding hydrogens is 222 g/mol. The Labute approximate surface area is 110 Å². The molecule has 0 amide bonds. The molecule has 1 heterocycles. The van der Waals surface area contributed by atoms with Gasteiger partial charge in [0.1, 0.15) is 5.75 Å². The molecule has 2 heteroatoms. The van der Waals surface area contributed by atoms with E-state index in [2.05, 4.69) is 30.1 Å². The lowest BCUT2D eigenvalue weighted by Gasteiger charge is -2.33. The van der Waals surface area contributed by atoms with E-state index in [9.17, 15) is 0 Å². The van der Waals surface area contributed by atoms with Crippen LogP contribution >= 0.6 is 0 Å².